The van der Waals surface area contributed by atoms with Gasteiger partial charge in [-0.15, -0.1) is 11.8 Å². The predicted molar refractivity (Wildman–Crippen MR) is 89.0 cm³/mol. The van der Waals surface area contributed by atoms with Crippen LogP contribution < -0.4 is 10.5 Å². The van der Waals surface area contributed by atoms with Gasteiger partial charge in [0.25, 0.3) is 0 Å². The molecule has 2 aromatic carbocycles. The molecule has 4 heteroatoms. The molecule has 0 aliphatic rings. The van der Waals surface area contributed by atoms with Crippen molar-refractivity contribution in [2.75, 3.05) is 18.1 Å². The van der Waals surface area contributed by atoms with Crippen molar-refractivity contribution in [2.45, 2.75) is 24.8 Å². The van der Waals surface area contributed by atoms with Gasteiger partial charge in [0.15, 0.2) is 0 Å². The Kier molecular flexibility index (Phi) is 5.53. The monoisotopic (exact) mass is 303 g/mol. The largest absolute Gasteiger partial charge is 0.489 e. The number of hydrogen-bond donors (Lipinski definition) is 2. The van der Waals surface area contributed by atoms with Gasteiger partial charge in [-0.05, 0) is 49.2 Å². The summed E-state index contributed by atoms with van der Waals surface area (Å²) in [5, 5.41) is 10.00. The number of nitrogen functional groups attached to an aromatic ring is 1. The highest BCUT2D eigenvalue weighted by atomic mass is 32.2. The number of benzene rings is 2. The summed E-state index contributed by atoms with van der Waals surface area (Å²) in [6, 6.07) is 13.6. The van der Waals surface area contributed by atoms with Crippen molar-refractivity contribution in [3.05, 3.63) is 53.6 Å². The molecule has 21 heavy (non-hydrogen) atoms. The van der Waals surface area contributed by atoms with E-state index >= 15 is 0 Å². The molecule has 0 radical (unpaired) electrons. The number of ether oxygens (including phenoxy) is 1. The van der Waals surface area contributed by atoms with Gasteiger partial charge in [-0.25, -0.2) is 0 Å². The van der Waals surface area contributed by atoms with Crippen LogP contribution in [0.15, 0.2) is 47.4 Å². The number of rotatable bonds is 6. The second-order valence-electron chi connectivity index (χ2n) is 5.06. The summed E-state index contributed by atoms with van der Waals surface area (Å²) in [5.41, 5.74) is 8.93. The highest BCUT2D eigenvalue weighted by Crippen LogP contribution is 2.23. The third-order valence-electron chi connectivity index (χ3n) is 3.27. The molecule has 2 rings (SSSR count). The van der Waals surface area contributed by atoms with E-state index in [1.165, 1.54) is 11.1 Å². The van der Waals surface area contributed by atoms with Crippen LogP contribution >= 0.6 is 11.8 Å². The van der Waals surface area contributed by atoms with E-state index in [1.807, 2.05) is 12.1 Å². The van der Waals surface area contributed by atoms with Crippen LogP contribution in [0.4, 0.5) is 5.69 Å². The third-order valence-corrected chi connectivity index (χ3v) is 4.41. The highest BCUT2D eigenvalue weighted by Gasteiger charge is 2.08. The molecule has 0 amide bonds. The molecule has 0 aliphatic heterocycles. The van der Waals surface area contributed by atoms with Crippen molar-refractivity contribution < 1.29 is 9.84 Å². The molecule has 2 aromatic rings. The maximum absolute atomic E-state index is 10.00. The van der Waals surface area contributed by atoms with E-state index in [0.29, 0.717) is 17.2 Å². The minimum atomic E-state index is -0.531. The van der Waals surface area contributed by atoms with Gasteiger partial charge in [0.05, 0.1) is 11.8 Å². The Morgan fingerprint density at radius 3 is 2.62 bits per heavy atom. The molecule has 0 fully saturated rings. The minimum absolute atomic E-state index is 0.242. The van der Waals surface area contributed by atoms with Crippen LogP contribution in [0.25, 0.3) is 0 Å². The summed E-state index contributed by atoms with van der Waals surface area (Å²) < 4.78 is 5.54. The van der Waals surface area contributed by atoms with Crippen LogP contribution in [-0.2, 0) is 0 Å². The SMILES string of the molecule is Cc1ccc(SCC(O)COc2ccccc2N)cc1C. The van der Waals surface area contributed by atoms with Crippen LogP contribution in [0.5, 0.6) is 5.75 Å². The van der Waals surface area contributed by atoms with Crippen LogP contribution in [0.2, 0.25) is 0 Å². The summed E-state index contributed by atoms with van der Waals surface area (Å²) in [5.74, 6) is 1.21. The van der Waals surface area contributed by atoms with Gasteiger partial charge < -0.3 is 15.6 Å². The maximum Gasteiger partial charge on any atom is 0.142 e. The summed E-state index contributed by atoms with van der Waals surface area (Å²) >= 11 is 1.63. The fourth-order valence-corrected chi connectivity index (χ4v) is 2.75. The first-order chi connectivity index (χ1) is 10.1. The molecule has 0 aliphatic carbocycles. The third kappa shape index (κ3) is 4.69. The Labute approximate surface area is 130 Å². The summed E-state index contributed by atoms with van der Waals surface area (Å²) in [7, 11) is 0. The zero-order chi connectivity index (χ0) is 15.2. The Morgan fingerprint density at radius 2 is 1.90 bits per heavy atom. The van der Waals surface area contributed by atoms with Gasteiger partial charge in [0.1, 0.15) is 12.4 Å². The van der Waals surface area contributed by atoms with Crippen LogP contribution in [0, 0.1) is 13.8 Å². The topological polar surface area (TPSA) is 55.5 Å². The van der Waals surface area contributed by atoms with Crippen LogP contribution in [-0.4, -0.2) is 23.6 Å². The number of aliphatic hydroxyl groups is 1. The van der Waals surface area contributed by atoms with Crippen LogP contribution in [0.3, 0.4) is 0 Å². The summed E-state index contributed by atoms with van der Waals surface area (Å²) in [6.07, 6.45) is -0.531. The lowest BCUT2D eigenvalue weighted by atomic mass is 10.1. The van der Waals surface area contributed by atoms with Gasteiger partial charge in [-0.2, -0.15) is 0 Å². The molecular weight excluding hydrogens is 282 g/mol. The fourth-order valence-electron chi connectivity index (χ4n) is 1.84. The zero-order valence-electron chi connectivity index (χ0n) is 12.4. The predicted octanol–water partition coefficient (Wildman–Crippen LogP) is 3.42. The van der Waals surface area contributed by atoms with E-state index in [2.05, 4.69) is 32.0 Å². The smallest absolute Gasteiger partial charge is 0.142 e. The van der Waals surface area contributed by atoms with Crippen molar-refractivity contribution in [2.24, 2.45) is 0 Å². The van der Waals surface area contributed by atoms with E-state index in [4.69, 9.17) is 10.5 Å². The minimum Gasteiger partial charge on any atom is -0.489 e. The molecule has 112 valence electrons. The summed E-state index contributed by atoms with van der Waals surface area (Å²) in [4.78, 5) is 1.16. The molecule has 0 saturated heterocycles. The fraction of sp³-hybridized carbons (Fsp3) is 0.294. The second kappa shape index (κ2) is 7.38. The van der Waals surface area contributed by atoms with Crippen molar-refractivity contribution in [3.8, 4) is 5.75 Å². The number of thioether (sulfide) groups is 1. The number of aliphatic hydroxyl groups excluding tert-OH is 1. The molecule has 1 unspecified atom stereocenters. The van der Waals surface area contributed by atoms with Crippen molar-refractivity contribution in [1.82, 2.24) is 0 Å². The first-order valence-electron chi connectivity index (χ1n) is 6.91. The van der Waals surface area contributed by atoms with Gasteiger partial charge >= 0.3 is 0 Å². The first-order valence-corrected chi connectivity index (χ1v) is 7.90. The normalized spacial score (nSPS) is 12.1. The van der Waals surface area contributed by atoms with E-state index in [0.717, 1.165) is 4.90 Å². The average molecular weight is 303 g/mol. The molecule has 3 N–H and O–H groups in total. The van der Waals surface area contributed by atoms with Crippen molar-refractivity contribution in [3.63, 3.8) is 0 Å². The Balaban J connectivity index is 1.81. The first kappa shape index (κ1) is 15.7. The average Bonchev–Trinajstić information content (AvgIpc) is 2.47. The Hall–Kier alpha value is -1.65. The Bertz CT molecular complexity index is 601. The highest BCUT2D eigenvalue weighted by molar-refractivity contribution is 7.99. The van der Waals surface area contributed by atoms with Gasteiger partial charge in [0.2, 0.25) is 0 Å². The van der Waals surface area contributed by atoms with E-state index in [1.54, 1.807) is 23.9 Å². The lowest BCUT2D eigenvalue weighted by Gasteiger charge is -2.13. The maximum atomic E-state index is 10.00. The van der Waals surface area contributed by atoms with E-state index in [-0.39, 0.29) is 6.61 Å². The Morgan fingerprint density at radius 1 is 1.14 bits per heavy atom. The number of para-hydroxylation sites is 2. The zero-order valence-corrected chi connectivity index (χ0v) is 13.2. The standard InChI is InChI=1S/C17H21NO2S/c1-12-7-8-15(9-13(12)2)21-11-14(19)10-20-17-6-4-3-5-16(17)18/h3-9,14,19H,10-11,18H2,1-2H3. The lowest BCUT2D eigenvalue weighted by Crippen LogP contribution is -2.20. The lowest BCUT2D eigenvalue weighted by molar-refractivity contribution is 0.127. The molecule has 0 spiro atoms. The van der Waals surface area contributed by atoms with Crippen LogP contribution in [0.1, 0.15) is 11.1 Å². The molecular formula is C17H21NO2S. The molecule has 0 heterocycles. The molecule has 3 nitrogen and oxygen atoms in total. The molecule has 1 atom stereocenters. The number of nitrogens with two attached hydrogens (primary N) is 1. The summed E-state index contributed by atoms with van der Waals surface area (Å²) in [6.45, 7) is 4.43. The number of anilines is 1. The van der Waals surface area contributed by atoms with E-state index < -0.39 is 6.10 Å². The number of hydrogen-bond acceptors (Lipinski definition) is 4. The molecule has 0 aromatic heterocycles. The molecule has 0 saturated carbocycles. The quantitative estimate of drug-likeness (QED) is 0.634. The van der Waals surface area contributed by atoms with E-state index in [9.17, 15) is 5.11 Å². The molecule has 0 bridgehead atoms. The van der Waals surface area contributed by atoms with Gasteiger partial charge in [-0.1, -0.05) is 18.2 Å². The van der Waals surface area contributed by atoms with Crippen molar-refractivity contribution in [1.29, 1.82) is 0 Å². The second-order valence-corrected chi connectivity index (χ2v) is 6.15. The van der Waals surface area contributed by atoms with Gasteiger partial charge in [-0.3, -0.25) is 0 Å². The number of aryl methyl sites for hydroxylation is 2. The van der Waals surface area contributed by atoms with Crippen molar-refractivity contribution >= 4 is 17.4 Å². The van der Waals surface area contributed by atoms with Gasteiger partial charge in [0, 0.05) is 10.6 Å².